The lowest BCUT2D eigenvalue weighted by Crippen LogP contribution is -2.44. The summed E-state index contributed by atoms with van der Waals surface area (Å²) in [5, 5.41) is 8.27. The largest absolute Gasteiger partial charge is 0.497 e. The van der Waals surface area contributed by atoms with Gasteiger partial charge in [-0.25, -0.2) is 0 Å². The van der Waals surface area contributed by atoms with Crippen LogP contribution in [0.3, 0.4) is 0 Å². The molecule has 0 radical (unpaired) electrons. The molecule has 1 aliphatic carbocycles. The number of benzene rings is 1. The van der Waals surface area contributed by atoms with E-state index >= 15 is 0 Å². The van der Waals surface area contributed by atoms with E-state index in [4.69, 9.17) is 9.15 Å². The normalized spacial score (nSPS) is 21.6. The zero-order valence-electron chi connectivity index (χ0n) is 17.3. The molecule has 1 aromatic heterocycles. The molecule has 2 fully saturated rings. The summed E-state index contributed by atoms with van der Waals surface area (Å²) in [4.78, 5) is 14.7. The fourth-order valence-electron chi connectivity index (χ4n) is 4.73. The Labute approximate surface area is 172 Å². The van der Waals surface area contributed by atoms with Crippen LogP contribution in [-0.2, 0) is 24.1 Å². The van der Waals surface area contributed by atoms with E-state index < -0.39 is 0 Å². The van der Waals surface area contributed by atoms with Crippen molar-refractivity contribution in [2.45, 2.75) is 57.8 Å². The number of carbonyl (C=O) groups is 1. The van der Waals surface area contributed by atoms with Crippen LogP contribution in [0.25, 0.3) is 0 Å². The Bertz CT molecular complexity index is 802. The van der Waals surface area contributed by atoms with Gasteiger partial charge in [-0.05, 0) is 48.8 Å². The van der Waals surface area contributed by atoms with Crippen molar-refractivity contribution in [1.82, 2.24) is 15.1 Å². The molecule has 156 valence electrons. The number of piperidine rings is 1. The Morgan fingerprint density at radius 1 is 1.03 bits per heavy atom. The first kappa shape index (κ1) is 19.9. The molecule has 1 aromatic carbocycles. The van der Waals surface area contributed by atoms with Gasteiger partial charge in [-0.3, -0.25) is 4.79 Å². The molecule has 2 aromatic rings. The average Bonchev–Trinajstić information content (AvgIpc) is 3.24. The van der Waals surface area contributed by atoms with Gasteiger partial charge in [-0.2, -0.15) is 0 Å². The fraction of sp³-hybridized carbons (Fsp3) is 0.609. The third kappa shape index (κ3) is 5.17. The molecule has 0 spiro atoms. The second kappa shape index (κ2) is 9.42. The summed E-state index contributed by atoms with van der Waals surface area (Å²) in [6.07, 6.45) is 9.02. The number of carbonyl (C=O) groups excluding carboxylic acids is 1. The number of nitrogens with zero attached hydrogens (tertiary/aromatic N) is 3. The van der Waals surface area contributed by atoms with Crippen molar-refractivity contribution in [3.8, 4) is 5.75 Å². The van der Waals surface area contributed by atoms with Gasteiger partial charge >= 0.3 is 0 Å². The molecule has 1 saturated heterocycles. The lowest BCUT2D eigenvalue weighted by Gasteiger charge is -2.41. The number of aromatic nitrogens is 2. The molecule has 1 amide bonds. The van der Waals surface area contributed by atoms with Gasteiger partial charge in [0.15, 0.2) is 0 Å². The predicted octanol–water partition coefficient (Wildman–Crippen LogP) is 3.83. The van der Waals surface area contributed by atoms with Crippen LogP contribution in [0.4, 0.5) is 0 Å². The first-order valence-corrected chi connectivity index (χ1v) is 10.9. The Balaban J connectivity index is 1.22. The van der Waals surface area contributed by atoms with Gasteiger partial charge in [0.05, 0.1) is 7.11 Å². The number of likely N-dealkylation sites (tertiary alicyclic amines) is 1. The Morgan fingerprint density at radius 3 is 2.52 bits per heavy atom. The molecular formula is C23H31N3O3. The van der Waals surface area contributed by atoms with Crippen LogP contribution in [-0.4, -0.2) is 41.2 Å². The molecule has 0 unspecified atom stereocenters. The van der Waals surface area contributed by atoms with E-state index in [0.717, 1.165) is 37.1 Å². The van der Waals surface area contributed by atoms with Gasteiger partial charge in [-0.15, -0.1) is 10.2 Å². The molecular weight excluding hydrogens is 366 g/mol. The van der Waals surface area contributed by atoms with Crippen LogP contribution in [0.1, 0.15) is 55.9 Å². The fourth-order valence-corrected chi connectivity index (χ4v) is 4.73. The van der Waals surface area contributed by atoms with Crippen molar-refractivity contribution in [2.75, 3.05) is 20.2 Å². The molecule has 2 aliphatic rings. The SMILES string of the molecule is COc1ccc(CCc2nnc(CCC(=O)N3CC[C@@H]4CCCC[C@H]4C3)o2)cc1. The molecule has 4 rings (SSSR count). The zero-order chi connectivity index (χ0) is 20.1. The Morgan fingerprint density at radius 2 is 1.76 bits per heavy atom. The summed E-state index contributed by atoms with van der Waals surface area (Å²) in [7, 11) is 1.66. The second-order valence-electron chi connectivity index (χ2n) is 8.37. The monoisotopic (exact) mass is 397 g/mol. The number of amides is 1. The standard InChI is InChI=1S/C23H31N3O3/c1-28-20-9-6-17(7-10-20)8-11-21-24-25-22(29-21)12-13-23(27)26-15-14-18-4-2-3-5-19(18)16-26/h6-7,9-10,18-19H,2-5,8,11-16H2,1H3/t18-,19-/m0/s1. The first-order valence-electron chi connectivity index (χ1n) is 10.9. The van der Waals surface area contributed by atoms with Crippen molar-refractivity contribution < 1.29 is 13.9 Å². The van der Waals surface area contributed by atoms with Crippen molar-refractivity contribution in [3.05, 3.63) is 41.6 Å². The maximum Gasteiger partial charge on any atom is 0.223 e. The Hall–Kier alpha value is -2.37. The lowest BCUT2D eigenvalue weighted by molar-refractivity contribution is -0.134. The van der Waals surface area contributed by atoms with E-state index in [9.17, 15) is 4.79 Å². The smallest absolute Gasteiger partial charge is 0.223 e. The van der Waals surface area contributed by atoms with Gasteiger partial charge in [-0.1, -0.05) is 31.4 Å². The number of rotatable bonds is 7. The Kier molecular flexibility index (Phi) is 6.47. The second-order valence-corrected chi connectivity index (χ2v) is 8.37. The van der Waals surface area contributed by atoms with Crippen molar-refractivity contribution in [2.24, 2.45) is 11.8 Å². The molecule has 6 nitrogen and oxygen atoms in total. The molecule has 6 heteroatoms. The summed E-state index contributed by atoms with van der Waals surface area (Å²) in [5.74, 6) is 3.84. The topological polar surface area (TPSA) is 68.5 Å². The van der Waals surface area contributed by atoms with Crippen molar-refractivity contribution >= 4 is 5.91 Å². The van der Waals surface area contributed by atoms with Crippen LogP contribution in [0.15, 0.2) is 28.7 Å². The van der Waals surface area contributed by atoms with Gasteiger partial charge in [0.1, 0.15) is 5.75 Å². The summed E-state index contributed by atoms with van der Waals surface area (Å²) in [5.41, 5.74) is 1.20. The summed E-state index contributed by atoms with van der Waals surface area (Å²) in [6, 6.07) is 8.00. The van der Waals surface area contributed by atoms with Crippen molar-refractivity contribution in [3.63, 3.8) is 0 Å². The van der Waals surface area contributed by atoms with Crippen LogP contribution in [0.2, 0.25) is 0 Å². The highest BCUT2D eigenvalue weighted by Gasteiger charge is 2.32. The third-order valence-corrected chi connectivity index (χ3v) is 6.49. The highest BCUT2D eigenvalue weighted by Crippen LogP contribution is 2.36. The minimum absolute atomic E-state index is 0.229. The summed E-state index contributed by atoms with van der Waals surface area (Å²) >= 11 is 0. The number of fused-ring (bicyclic) bond motifs is 1. The van der Waals surface area contributed by atoms with Gasteiger partial charge in [0, 0.05) is 32.4 Å². The molecule has 2 atom stereocenters. The third-order valence-electron chi connectivity index (χ3n) is 6.49. The van der Waals surface area contributed by atoms with Crippen LogP contribution in [0, 0.1) is 11.8 Å². The summed E-state index contributed by atoms with van der Waals surface area (Å²) < 4.78 is 10.9. The number of methoxy groups -OCH3 is 1. The average molecular weight is 398 g/mol. The number of ether oxygens (including phenoxy) is 1. The molecule has 1 saturated carbocycles. The van der Waals surface area contributed by atoms with Gasteiger partial charge in [0.25, 0.3) is 0 Å². The minimum atomic E-state index is 0.229. The molecule has 0 bridgehead atoms. The van der Waals surface area contributed by atoms with Crippen LogP contribution >= 0.6 is 0 Å². The predicted molar refractivity (Wildman–Crippen MR) is 110 cm³/mol. The highest BCUT2D eigenvalue weighted by atomic mass is 16.5. The lowest BCUT2D eigenvalue weighted by atomic mass is 9.75. The van der Waals surface area contributed by atoms with Crippen LogP contribution < -0.4 is 4.74 Å². The quantitative estimate of drug-likeness (QED) is 0.710. The van der Waals surface area contributed by atoms with E-state index in [1.165, 1.54) is 37.7 Å². The van der Waals surface area contributed by atoms with E-state index in [1.807, 2.05) is 24.3 Å². The molecule has 0 N–H and O–H groups in total. The molecule has 1 aliphatic heterocycles. The van der Waals surface area contributed by atoms with Gasteiger partial charge in [0.2, 0.25) is 17.7 Å². The minimum Gasteiger partial charge on any atom is -0.497 e. The van der Waals surface area contributed by atoms with Gasteiger partial charge < -0.3 is 14.1 Å². The van der Waals surface area contributed by atoms with E-state index in [1.54, 1.807) is 7.11 Å². The number of hydrogen-bond acceptors (Lipinski definition) is 5. The summed E-state index contributed by atoms with van der Waals surface area (Å²) in [6.45, 7) is 1.86. The molecule has 29 heavy (non-hydrogen) atoms. The maximum absolute atomic E-state index is 12.6. The van der Waals surface area contributed by atoms with E-state index in [0.29, 0.717) is 31.0 Å². The molecule has 2 heterocycles. The highest BCUT2D eigenvalue weighted by molar-refractivity contribution is 5.76. The van der Waals surface area contributed by atoms with E-state index in [-0.39, 0.29) is 5.91 Å². The number of hydrogen-bond donors (Lipinski definition) is 0. The van der Waals surface area contributed by atoms with Crippen LogP contribution in [0.5, 0.6) is 5.75 Å². The zero-order valence-corrected chi connectivity index (χ0v) is 17.3. The first-order chi connectivity index (χ1) is 14.2. The van der Waals surface area contributed by atoms with Crippen molar-refractivity contribution in [1.29, 1.82) is 0 Å². The number of aryl methyl sites for hydroxylation is 3. The van der Waals surface area contributed by atoms with E-state index in [2.05, 4.69) is 15.1 Å². The maximum atomic E-state index is 12.6.